The first-order valence-corrected chi connectivity index (χ1v) is 6.75. The Bertz CT molecular complexity index is 669. The Morgan fingerprint density at radius 1 is 1.38 bits per heavy atom. The monoisotopic (exact) mass is 283 g/mol. The fourth-order valence-electron chi connectivity index (χ4n) is 2.17. The average molecular weight is 283 g/mol. The molecule has 5 nitrogen and oxygen atoms in total. The number of ether oxygens (including phenoxy) is 1. The number of amides is 1. The van der Waals surface area contributed by atoms with Crippen LogP contribution in [0.5, 0.6) is 0 Å². The predicted octanol–water partition coefficient (Wildman–Crippen LogP) is 3.35. The lowest BCUT2D eigenvalue weighted by molar-refractivity contribution is 0.168. The zero-order chi connectivity index (χ0) is 15.2. The van der Waals surface area contributed by atoms with Crippen LogP contribution in [-0.2, 0) is 11.2 Å². The van der Waals surface area contributed by atoms with Crippen molar-refractivity contribution in [1.82, 2.24) is 4.98 Å². The Kier molecular flexibility index (Phi) is 4.62. The number of hydrogen-bond acceptors (Lipinski definition) is 3. The molecule has 108 valence electrons. The second-order valence-electron chi connectivity index (χ2n) is 4.60. The molecule has 2 rings (SSSR count). The van der Waals surface area contributed by atoms with E-state index in [0.717, 1.165) is 16.8 Å². The SMILES string of the molecule is CCOC(=O)Nc1[nH]c(C)c(Cc2ccccc2)c1C#N. The molecule has 0 aliphatic heterocycles. The van der Waals surface area contributed by atoms with E-state index in [4.69, 9.17) is 4.74 Å². The molecule has 0 atom stereocenters. The Labute approximate surface area is 123 Å². The molecule has 0 fully saturated rings. The molecule has 1 aromatic carbocycles. The molecular weight excluding hydrogens is 266 g/mol. The van der Waals surface area contributed by atoms with E-state index in [1.54, 1.807) is 6.92 Å². The highest BCUT2D eigenvalue weighted by Gasteiger charge is 2.17. The summed E-state index contributed by atoms with van der Waals surface area (Å²) in [7, 11) is 0. The van der Waals surface area contributed by atoms with Crippen LogP contribution >= 0.6 is 0 Å². The Morgan fingerprint density at radius 2 is 2.10 bits per heavy atom. The van der Waals surface area contributed by atoms with Crippen molar-refractivity contribution >= 4 is 11.9 Å². The second kappa shape index (κ2) is 6.62. The van der Waals surface area contributed by atoms with Crippen molar-refractivity contribution < 1.29 is 9.53 Å². The summed E-state index contributed by atoms with van der Waals surface area (Å²) in [6, 6.07) is 12.0. The third-order valence-electron chi connectivity index (χ3n) is 3.15. The lowest BCUT2D eigenvalue weighted by atomic mass is 10.0. The summed E-state index contributed by atoms with van der Waals surface area (Å²) in [5, 5.41) is 11.9. The molecule has 0 radical (unpaired) electrons. The van der Waals surface area contributed by atoms with Crippen LogP contribution in [0.2, 0.25) is 0 Å². The van der Waals surface area contributed by atoms with E-state index in [0.29, 0.717) is 17.8 Å². The predicted molar refractivity (Wildman–Crippen MR) is 80.1 cm³/mol. The number of hydrogen-bond donors (Lipinski definition) is 2. The summed E-state index contributed by atoms with van der Waals surface area (Å²) in [5.74, 6) is 0.388. The Balaban J connectivity index is 2.28. The van der Waals surface area contributed by atoms with Gasteiger partial charge in [-0.1, -0.05) is 30.3 Å². The van der Waals surface area contributed by atoms with Crippen LogP contribution in [-0.4, -0.2) is 17.7 Å². The van der Waals surface area contributed by atoms with Gasteiger partial charge in [-0.25, -0.2) is 4.79 Å². The molecule has 1 aromatic heterocycles. The lowest BCUT2D eigenvalue weighted by Gasteiger charge is -2.04. The van der Waals surface area contributed by atoms with Crippen LogP contribution in [0.4, 0.5) is 10.6 Å². The van der Waals surface area contributed by atoms with Gasteiger partial charge < -0.3 is 9.72 Å². The quantitative estimate of drug-likeness (QED) is 0.903. The second-order valence-corrected chi connectivity index (χ2v) is 4.60. The number of aromatic nitrogens is 1. The van der Waals surface area contributed by atoms with E-state index < -0.39 is 6.09 Å². The number of nitriles is 1. The highest BCUT2D eigenvalue weighted by atomic mass is 16.5. The first-order valence-electron chi connectivity index (χ1n) is 6.75. The number of nitrogens with zero attached hydrogens (tertiary/aromatic N) is 1. The molecule has 0 saturated carbocycles. The van der Waals surface area contributed by atoms with Gasteiger partial charge in [-0.15, -0.1) is 0 Å². The zero-order valence-corrected chi connectivity index (χ0v) is 12.1. The average Bonchev–Trinajstić information content (AvgIpc) is 2.75. The van der Waals surface area contributed by atoms with Crippen LogP contribution in [0.3, 0.4) is 0 Å². The van der Waals surface area contributed by atoms with Crippen LogP contribution in [0, 0.1) is 18.3 Å². The molecule has 1 amide bonds. The summed E-state index contributed by atoms with van der Waals surface area (Å²) in [6.45, 7) is 3.89. The summed E-state index contributed by atoms with van der Waals surface area (Å²) < 4.78 is 4.83. The number of aromatic amines is 1. The van der Waals surface area contributed by atoms with E-state index in [-0.39, 0.29) is 6.61 Å². The summed E-state index contributed by atoms with van der Waals surface area (Å²) in [5.41, 5.74) is 3.31. The molecule has 1 heterocycles. The van der Waals surface area contributed by atoms with Crippen molar-refractivity contribution in [3.63, 3.8) is 0 Å². The molecule has 0 aliphatic carbocycles. The number of carbonyl (C=O) groups is 1. The van der Waals surface area contributed by atoms with Crippen LogP contribution < -0.4 is 5.32 Å². The van der Waals surface area contributed by atoms with Gasteiger partial charge in [0, 0.05) is 12.1 Å². The first-order chi connectivity index (χ1) is 10.2. The molecule has 0 unspecified atom stereocenters. The Hall–Kier alpha value is -2.74. The molecule has 0 saturated heterocycles. The van der Waals surface area contributed by atoms with Crippen molar-refractivity contribution in [2.24, 2.45) is 0 Å². The standard InChI is InChI=1S/C16H17N3O2/c1-3-21-16(20)19-15-14(10-17)13(11(2)18-15)9-12-7-5-4-6-8-12/h4-8,18H,3,9H2,1-2H3,(H,19,20). The maximum Gasteiger partial charge on any atom is 0.412 e. The maximum absolute atomic E-state index is 11.5. The van der Waals surface area contributed by atoms with E-state index >= 15 is 0 Å². The smallest absolute Gasteiger partial charge is 0.412 e. The van der Waals surface area contributed by atoms with E-state index in [9.17, 15) is 10.1 Å². The fourth-order valence-corrected chi connectivity index (χ4v) is 2.17. The minimum absolute atomic E-state index is 0.282. The minimum Gasteiger partial charge on any atom is -0.450 e. The normalized spacial score (nSPS) is 9.95. The number of nitrogens with one attached hydrogen (secondary N) is 2. The number of rotatable bonds is 4. The maximum atomic E-state index is 11.5. The van der Waals surface area contributed by atoms with Gasteiger partial charge in [0.25, 0.3) is 0 Å². The third-order valence-corrected chi connectivity index (χ3v) is 3.15. The van der Waals surface area contributed by atoms with Crippen molar-refractivity contribution in [2.75, 3.05) is 11.9 Å². The van der Waals surface area contributed by atoms with E-state index in [1.807, 2.05) is 37.3 Å². The van der Waals surface area contributed by atoms with Crippen LogP contribution in [0.1, 0.15) is 29.3 Å². The summed E-state index contributed by atoms with van der Waals surface area (Å²) in [4.78, 5) is 14.5. The third kappa shape index (κ3) is 3.42. The largest absolute Gasteiger partial charge is 0.450 e. The number of carbonyl (C=O) groups excluding carboxylic acids is 1. The van der Waals surface area contributed by atoms with Gasteiger partial charge in [0.15, 0.2) is 0 Å². The molecule has 5 heteroatoms. The molecule has 2 N–H and O–H groups in total. The Morgan fingerprint density at radius 3 is 2.71 bits per heavy atom. The zero-order valence-electron chi connectivity index (χ0n) is 12.1. The highest BCUT2D eigenvalue weighted by Crippen LogP contribution is 2.25. The van der Waals surface area contributed by atoms with Gasteiger partial charge in [0.1, 0.15) is 11.9 Å². The summed E-state index contributed by atoms with van der Waals surface area (Å²) >= 11 is 0. The molecule has 21 heavy (non-hydrogen) atoms. The van der Waals surface area contributed by atoms with Crippen molar-refractivity contribution in [2.45, 2.75) is 20.3 Å². The molecule has 0 bridgehead atoms. The fraction of sp³-hybridized carbons (Fsp3) is 0.250. The van der Waals surface area contributed by atoms with Crippen LogP contribution in [0.25, 0.3) is 0 Å². The van der Waals surface area contributed by atoms with Crippen molar-refractivity contribution in [1.29, 1.82) is 5.26 Å². The van der Waals surface area contributed by atoms with Crippen molar-refractivity contribution in [3.8, 4) is 6.07 Å². The van der Waals surface area contributed by atoms with Gasteiger partial charge in [-0.2, -0.15) is 5.26 Å². The highest BCUT2D eigenvalue weighted by molar-refractivity contribution is 5.86. The summed E-state index contributed by atoms with van der Waals surface area (Å²) in [6.07, 6.45) is 0.0674. The van der Waals surface area contributed by atoms with Gasteiger partial charge in [-0.3, -0.25) is 5.32 Å². The van der Waals surface area contributed by atoms with Crippen LogP contribution in [0.15, 0.2) is 30.3 Å². The number of aryl methyl sites for hydroxylation is 1. The first kappa shape index (κ1) is 14.7. The van der Waals surface area contributed by atoms with E-state index in [1.165, 1.54) is 0 Å². The van der Waals surface area contributed by atoms with Gasteiger partial charge in [0.2, 0.25) is 0 Å². The number of anilines is 1. The van der Waals surface area contributed by atoms with Crippen molar-refractivity contribution in [3.05, 3.63) is 52.7 Å². The number of H-pyrrole nitrogens is 1. The van der Waals surface area contributed by atoms with Gasteiger partial charge in [0.05, 0.1) is 12.2 Å². The topological polar surface area (TPSA) is 77.9 Å². The molecule has 2 aromatic rings. The van der Waals surface area contributed by atoms with Gasteiger partial charge >= 0.3 is 6.09 Å². The van der Waals surface area contributed by atoms with E-state index in [2.05, 4.69) is 16.4 Å². The molecule has 0 aliphatic rings. The number of benzene rings is 1. The molecular formula is C16H17N3O2. The minimum atomic E-state index is -0.568. The lowest BCUT2D eigenvalue weighted by Crippen LogP contribution is -2.14. The molecule has 0 spiro atoms. The van der Waals surface area contributed by atoms with Gasteiger partial charge in [-0.05, 0) is 25.0 Å².